The maximum Gasteiger partial charge on any atom is 0.340 e. The van der Waals surface area contributed by atoms with Crippen LogP contribution in [0.15, 0.2) is 30.3 Å². The molecule has 0 saturated carbocycles. The number of rotatable bonds is 4. The van der Waals surface area contributed by atoms with Gasteiger partial charge in [0.25, 0.3) is 0 Å². The molecule has 5 atom stereocenters. The summed E-state index contributed by atoms with van der Waals surface area (Å²) < 4.78 is 22.0. The summed E-state index contributed by atoms with van der Waals surface area (Å²) in [6.07, 6.45) is -2.92. The van der Waals surface area contributed by atoms with E-state index >= 15 is 0 Å². The Hall–Kier alpha value is -2.45. The largest absolute Gasteiger partial charge is 0.457 e. The lowest BCUT2D eigenvalue weighted by molar-refractivity contribution is -0.216. The van der Waals surface area contributed by atoms with Crippen LogP contribution in [-0.2, 0) is 28.5 Å². The fourth-order valence-corrected chi connectivity index (χ4v) is 3.01. The summed E-state index contributed by atoms with van der Waals surface area (Å²) in [5.41, 5.74) is 0.364. The summed E-state index contributed by atoms with van der Waals surface area (Å²) in [6, 6.07) is 7.66. The van der Waals surface area contributed by atoms with Gasteiger partial charge in [-0.2, -0.15) is 0 Å². The zero-order valence-electron chi connectivity index (χ0n) is 13.8. The molecule has 8 heteroatoms. The zero-order chi connectivity index (χ0) is 18.0. The third kappa shape index (κ3) is 3.80. The monoisotopic (exact) mass is 349 g/mol. The van der Waals surface area contributed by atoms with Gasteiger partial charge in [0.2, 0.25) is 12.2 Å². The molecule has 1 aromatic carbocycles. The van der Waals surface area contributed by atoms with E-state index in [1.165, 1.54) is 13.8 Å². The molecule has 8 nitrogen and oxygen atoms in total. The Labute approximate surface area is 144 Å². The molecule has 0 unspecified atom stereocenters. The second-order valence-corrected chi connectivity index (χ2v) is 5.91. The van der Waals surface area contributed by atoms with Gasteiger partial charge in [-0.3, -0.25) is 9.59 Å². The van der Waals surface area contributed by atoms with Gasteiger partial charge >= 0.3 is 11.9 Å². The third-order valence-electron chi connectivity index (χ3n) is 4.00. The molecule has 0 spiro atoms. The van der Waals surface area contributed by atoms with Crippen molar-refractivity contribution in [2.45, 2.75) is 44.5 Å². The molecular formula is C17H19NO7. The van der Waals surface area contributed by atoms with Crippen LogP contribution < -0.4 is 5.32 Å². The Morgan fingerprint density at radius 3 is 2.48 bits per heavy atom. The standard InChI is InChI=1S/C17H19NO7/c1-9(19)18-13-15-14(23-10(2)20)12(8-22-15)24-17(13)25-16(21)11-6-4-3-5-7-11/h3-7,12-15,17H,8H2,1-2H3,(H,18,19)/t12-,13-,14+,15+,17+/m0/s1. The topological polar surface area (TPSA) is 100 Å². The molecule has 0 aromatic heterocycles. The molecule has 2 fully saturated rings. The van der Waals surface area contributed by atoms with Gasteiger partial charge in [0.05, 0.1) is 12.2 Å². The fraction of sp³-hybridized carbons (Fsp3) is 0.471. The summed E-state index contributed by atoms with van der Waals surface area (Å²) >= 11 is 0. The van der Waals surface area contributed by atoms with Crippen molar-refractivity contribution in [2.75, 3.05) is 6.61 Å². The summed E-state index contributed by atoms with van der Waals surface area (Å²) in [5, 5.41) is 2.66. The lowest BCUT2D eigenvalue weighted by Gasteiger charge is -2.38. The van der Waals surface area contributed by atoms with Gasteiger partial charge < -0.3 is 24.3 Å². The van der Waals surface area contributed by atoms with Crippen LogP contribution in [0.5, 0.6) is 0 Å². The first-order valence-corrected chi connectivity index (χ1v) is 7.93. The Kier molecular flexibility index (Phi) is 5.00. The zero-order valence-corrected chi connectivity index (χ0v) is 13.8. The number of nitrogens with one attached hydrogen (secondary N) is 1. The first kappa shape index (κ1) is 17.4. The molecule has 2 bridgehead atoms. The minimum Gasteiger partial charge on any atom is -0.457 e. The average molecular weight is 349 g/mol. The van der Waals surface area contributed by atoms with Crippen LogP contribution in [0, 0.1) is 0 Å². The smallest absolute Gasteiger partial charge is 0.340 e. The van der Waals surface area contributed by atoms with Crippen molar-refractivity contribution >= 4 is 17.8 Å². The van der Waals surface area contributed by atoms with Crippen molar-refractivity contribution in [3.8, 4) is 0 Å². The Morgan fingerprint density at radius 1 is 1.12 bits per heavy atom. The summed E-state index contributed by atoms with van der Waals surface area (Å²) in [4.78, 5) is 35.1. The Morgan fingerprint density at radius 2 is 1.84 bits per heavy atom. The number of benzene rings is 1. The molecule has 0 radical (unpaired) electrons. The van der Waals surface area contributed by atoms with Gasteiger partial charge in [-0.05, 0) is 12.1 Å². The normalized spacial score (nSPS) is 30.4. The molecule has 1 amide bonds. The van der Waals surface area contributed by atoms with Crippen molar-refractivity contribution in [3.63, 3.8) is 0 Å². The maximum atomic E-state index is 12.3. The van der Waals surface area contributed by atoms with Crippen LogP contribution >= 0.6 is 0 Å². The highest BCUT2D eigenvalue weighted by Crippen LogP contribution is 2.33. The number of hydrogen-bond donors (Lipinski definition) is 1. The second-order valence-electron chi connectivity index (χ2n) is 5.91. The molecular weight excluding hydrogens is 330 g/mol. The second kappa shape index (κ2) is 7.20. The van der Waals surface area contributed by atoms with E-state index in [1.807, 2.05) is 0 Å². The highest BCUT2D eigenvalue weighted by atomic mass is 16.7. The van der Waals surface area contributed by atoms with E-state index in [0.29, 0.717) is 5.56 Å². The first-order chi connectivity index (χ1) is 12.0. The number of hydrogen-bond acceptors (Lipinski definition) is 7. The Bertz CT molecular complexity index is 662. The van der Waals surface area contributed by atoms with Crippen molar-refractivity contribution in [1.29, 1.82) is 0 Å². The van der Waals surface area contributed by atoms with Gasteiger partial charge in [-0.25, -0.2) is 4.79 Å². The van der Waals surface area contributed by atoms with Crippen molar-refractivity contribution in [3.05, 3.63) is 35.9 Å². The van der Waals surface area contributed by atoms with E-state index in [9.17, 15) is 14.4 Å². The summed E-state index contributed by atoms with van der Waals surface area (Å²) in [7, 11) is 0. The van der Waals surface area contributed by atoms with Gasteiger partial charge in [0.1, 0.15) is 18.2 Å². The molecule has 3 rings (SSSR count). The predicted octanol–water partition coefficient (Wildman–Crippen LogP) is 0.403. The van der Waals surface area contributed by atoms with E-state index < -0.39 is 42.6 Å². The minimum absolute atomic E-state index is 0.179. The number of ether oxygens (including phenoxy) is 4. The quantitative estimate of drug-likeness (QED) is 0.786. The molecule has 2 saturated heterocycles. The van der Waals surface area contributed by atoms with Gasteiger partial charge in [0, 0.05) is 13.8 Å². The number of amides is 1. The SMILES string of the molecule is CC(=O)N[C@@H]1[C@@H](OC(=O)c2ccccc2)O[C@H]2CO[C@H]1[C@@H]2OC(C)=O. The molecule has 0 aliphatic carbocycles. The lowest BCUT2D eigenvalue weighted by Crippen LogP contribution is -2.61. The minimum atomic E-state index is -1.04. The van der Waals surface area contributed by atoms with Gasteiger partial charge in [-0.15, -0.1) is 0 Å². The number of carbonyl (C=O) groups excluding carboxylic acids is 3. The van der Waals surface area contributed by atoms with Gasteiger partial charge in [-0.1, -0.05) is 18.2 Å². The van der Waals surface area contributed by atoms with Crippen LogP contribution in [0.4, 0.5) is 0 Å². The first-order valence-electron chi connectivity index (χ1n) is 7.93. The number of esters is 2. The number of fused-ring (bicyclic) bond motifs is 2. The van der Waals surface area contributed by atoms with Crippen LogP contribution in [0.1, 0.15) is 24.2 Å². The van der Waals surface area contributed by atoms with E-state index in [0.717, 1.165) is 0 Å². The van der Waals surface area contributed by atoms with E-state index in [-0.39, 0.29) is 12.5 Å². The highest BCUT2D eigenvalue weighted by molar-refractivity contribution is 5.89. The van der Waals surface area contributed by atoms with Gasteiger partial charge in [0.15, 0.2) is 6.10 Å². The number of carbonyl (C=O) groups is 3. The summed E-state index contributed by atoms with van der Waals surface area (Å²) in [5.74, 6) is -1.40. The lowest BCUT2D eigenvalue weighted by atomic mass is 9.99. The molecule has 25 heavy (non-hydrogen) atoms. The molecule has 1 aromatic rings. The van der Waals surface area contributed by atoms with Crippen LogP contribution in [-0.4, -0.2) is 55.1 Å². The molecule has 2 heterocycles. The third-order valence-corrected chi connectivity index (χ3v) is 4.00. The molecule has 1 N–H and O–H groups in total. The Balaban J connectivity index is 1.78. The molecule has 2 aliphatic rings. The van der Waals surface area contributed by atoms with E-state index in [1.54, 1.807) is 30.3 Å². The fourth-order valence-electron chi connectivity index (χ4n) is 3.01. The maximum absolute atomic E-state index is 12.3. The van der Waals surface area contributed by atoms with Crippen molar-refractivity contribution < 1.29 is 33.3 Å². The van der Waals surface area contributed by atoms with Crippen LogP contribution in [0.2, 0.25) is 0 Å². The van der Waals surface area contributed by atoms with Crippen LogP contribution in [0.25, 0.3) is 0 Å². The predicted molar refractivity (Wildman–Crippen MR) is 83.4 cm³/mol. The molecule has 2 aliphatic heterocycles. The highest BCUT2D eigenvalue weighted by Gasteiger charge is 2.55. The van der Waals surface area contributed by atoms with Crippen molar-refractivity contribution in [2.24, 2.45) is 0 Å². The van der Waals surface area contributed by atoms with E-state index in [2.05, 4.69) is 5.32 Å². The van der Waals surface area contributed by atoms with Crippen molar-refractivity contribution in [1.82, 2.24) is 5.32 Å². The van der Waals surface area contributed by atoms with E-state index in [4.69, 9.17) is 18.9 Å². The van der Waals surface area contributed by atoms with Crippen LogP contribution in [0.3, 0.4) is 0 Å². The summed E-state index contributed by atoms with van der Waals surface area (Å²) in [6.45, 7) is 2.80. The molecule has 134 valence electrons. The average Bonchev–Trinajstić information content (AvgIpc) is 2.85.